The van der Waals surface area contributed by atoms with Crippen LogP contribution in [0.5, 0.6) is 0 Å². The fourth-order valence-electron chi connectivity index (χ4n) is 3.82. The summed E-state index contributed by atoms with van der Waals surface area (Å²) < 4.78 is 0. The van der Waals surface area contributed by atoms with Crippen LogP contribution in [0.3, 0.4) is 0 Å². The molecule has 1 aromatic carbocycles. The number of rotatable bonds is 3. The van der Waals surface area contributed by atoms with Crippen molar-refractivity contribution in [2.24, 2.45) is 23.5 Å². The maximum atomic E-state index is 6.41. The second-order valence-electron chi connectivity index (χ2n) is 6.04. The summed E-state index contributed by atoms with van der Waals surface area (Å²) in [6.07, 6.45) is 6.83. The average molecular weight is 229 g/mol. The molecule has 0 aliphatic heterocycles. The van der Waals surface area contributed by atoms with E-state index in [1.807, 2.05) is 0 Å². The molecule has 0 aromatic heterocycles. The Hall–Kier alpha value is -0.820. The molecule has 0 radical (unpaired) electrons. The van der Waals surface area contributed by atoms with E-state index in [-0.39, 0.29) is 0 Å². The van der Waals surface area contributed by atoms with Gasteiger partial charge in [-0.05, 0) is 49.5 Å². The Labute approximate surface area is 104 Å². The van der Waals surface area contributed by atoms with E-state index >= 15 is 0 Å². The number of hydrogen-bond donors (Lipinski definition) is 1. The lowest BCUT2D eigenvalue weighted by atomic mass is 10.00. The van der Waals surface area contributed by atoms with Gasteiger partial charge < -0.3 is 5.73 Å². The van der Waals surface area contributed by atoms with E-state index in [9.17, 15) is 0 Å². The fourth-order valence-corrected chi connectivity index (χ4v) is 3.82. The Balaban J connectivity index is 1.60. The maximum Gasteiger partial charge on any atom is 0.0113 e. The largest absolute Gasteiger partial charge is 0.327 e. The summed E-state index contributed by atoms with van der Waals surface area (Å²) >= 11 is 0. The van der Waals surface area contributed by atoms with Gasteiger partial charge in [0.1, 0.15) is 0 Å². The molecular weight excluding hydrogens is 206 g/mol. The van der Waals surface area contributed by atoms with Crippen molar-refractivity contribution in [3.63, 3.8) is 0 Å². The second kappa shape index (κ2) is 4.45. The zero-order valence-corrected chi connectivity index (χ0v) is 10.7. The highest BCUT2D eigenvalue weighted by Crippen LogP contribution is 2.56. The summed E-state index contributed by atoms with van der Waals surface area (Å²) in [4.78, 5) is 0. The van der Waals surface area contributed by atoms with Crippen LogP contribution in [-0.4, -0.2) is 6.04 Å². The molecule has 17 heavy (non-hydrogen) atoms. The first kappa shape index (κ1) is 11.3. The third kappa shape index (κ3) is 2.26. The Bertz CT molecular complexity index is 369. The van der Waals surface area contributed by atoms with E-state index in [0.717, 1.165) is 24.2 Å². The van der Waals surface area contributed by atoms with Crippen molar-refractivity contribution in [3.05, 3.63) is 35.4 Å². The third-order valence-corrected chi connectivity index (χ3v) is 4.81. The summed E-state index contributed by atoms with van der Waals surface area (Å²) in [6, 6.07) is 9.26. The molecule has 3 rings (SSSR count). The zero-order valence-electron chi connectivity index (χ0n) is 10.7. The minimum atomic E-state index is 0.394. The molecule has 2 fully saturated rings. The molecule has 0 saturated heterocycles. The molecule has 92 valence electrons. The van der Waals surface area contributed by atoms with Crippen molar-refractivity contribution in [1.29, 1.82) is 0 Å². The van der Waals surface area contributed by atoms with E-state index in [1.54, 1.807) is 0 Å². The van der Waals surface area contributed by atoms with Gasteiger partial charge in [-0.1, -0.05) is 42.7 Å². The SMILES string of the molecule is Cc1ccc(CC(N)C2C3CCCCC32)cc1. The number of nitrogens with two attached hydrogens (primary N) is 1. The maximum absolute atomic E-state index is 6.41. The Morgan fingerprint density at radius 3 is 2.29 bits per heavy atom. The van der Waals surface area contributed by atoms with Crippen LogP contribution in [0.25, 0.3) is 0 Å². The first-order chi connectivity index (χ1) is 8.25. The van der Waals surface area contributed by atoms with Gasteiger partial charge in [-0.3, -0.25) is 0 Å². The summed E-state index contributed by atoms with van der Waals surface area (Å²) in [5.41, 5.74) is 9.15. The van der Waals surface area contributed by atoms with Gasteiger partial charge in [-0.15, -0.1) is 0 Å². The Morgan fingerprint density at radius 1 is 1.12 bits per heavy atom. The number of aryl methyl sites for hydroxylation is 1. The van der Waals surface area contributed by atoms with Crippen molar-refractivity contribution in [2.75, 3.05) is 0 Å². The summed E-state index contributed by atoms with van der Waals surface area (Å²) in [5.74, 6) is 2.78. The average Bonchev–Trinajstić information content (AvgIpc) is 3.06. The van der Waals surface area contributed by atoms with Gasteiger partial charge in [0.05, 0.1) is 0 Å². The smallest absolute Gasteiger partial charge is 0.0113 e. The lowest BCUT2D eigenvalue weighted by Gasteiger charge is -2.11. The predicted molar refractivity (Wildman–Crippen MR) is 71.8 cm³/mol. The normalized spacial score (nSPS) is 32.9. The summed E-state index contributed by atoms with van der Waals surface area (Å²) in [7, 11) is 0. The van der Waals surface area contributed by atoms with Crippen LogP contribution in [-0.2, 0) is 6.42 Å². The topological polar surface area (TPSA) is 26.0 Å². The van der Waals surface area contributed by atoms with Gasteiger partial charge in [0.15, 0.2) is 0 Å². The highest BCUT2D eigenvalue weighted by atomic mass is 14.7. The molecule has 0 bridgehead atoms. The standard InChI is InChI=1S/C16H23N/c1-11-6-8-12(9-7-11)10-15(17)16-13-4-2-3-5-14(13)16/h6-9,13-16H,2-5,10,17H2,1H3. The molecule has 1 nitrogen and oxygen atoms in total. The molecule has 0 spiro atoms. The monoisotopic (exact) mass is 229 g/mol. The highest BCUT2D eigenvalue weighted by molar-refractivity contribution is 5.23. The van der Waals surface area contributed by atoms with Gasteiger partial charge in [0.2, 0.25) is 0 Å². The predicted octanol–water partition coefficient (Wildman–Crippen LogP) is 3.30. The molecule has 1 aromatic rings. The molecule has 0 amide bonds. The van der Waals surface area contributed by atoms with Crippen LogP contribution in [0.4, 0.5) is 0 Å². The molecule has 3 atom stereocenters. The van der Waals surface area contributed by atoms with Gasteiger partial charge in [-0.25, -0.2) is 0 Å². The van der Waals surface area contributed by atoms with Crippen LogP contribution < -0.4 is 5.73 Å². The zero-order chi connectivity index (χ0) is 11.8. The molecular formula is C16H23N. The first-order valence-corrected chi connectivity index (χ1v) is 7.07. The second-order valence-corrected chi connectivity index (χ2v) is 6.04. The number of benzene rings is 1. The number of hydrogen-bond acceptors (Lipinski definition) is 1. The minimum Gasteiger partial charge on any atom is -0.327 e. The molecule has 2 aliphatic rings. The summed E-state index contributed by atoms with van der Waals surface area (Å²) in [5, 5.41) is 0. The van der Waals surface area contributed by atoms with Gasteiger partial charge in [0, 0.05) is 6.04 Å². The molecule has 0 heterocycles. The lowest BCUT2D eigenvalue weighted by Crippen LogP contribution is -2.26. The Kier molecular flexibility index (Phi) is 2.96. The quantitative estimate of drug-likeness (QED) is 0.845. The first-order valence-electron chi connectivity index (χ1n) is 7.07. The van der Waals surface area contributed by atoms with E-state index in [2.05, 4.69) is 31.2 Å². The van der Waals surface area contributed by atoms with Crippen LogP contribution in [0.15, 0.2) is 24.3 Å². The van der Waals surface area contributed by atoms with Crippen molar-refractivity contribution in [3.8, 4) is 0 Å². The Morgan fingerprint density at radius 2 is 1.71 bits per heavy atom. The molecule has 2 N–H and O–H groups in total. The molecule has 2 aliphatic carbocycles. The van der Waals surface area contributed by atoms with Gasteiger partial charge in [-0.2, -0.15) is 0 Å². The van der Waals surface area contributed by atoms with Crippen molar-refractivity contribution in [2.45, 2.75) is 45.1 Å². The third-order valence-electron chi connectivity index (χ3n) is 4.81. The van der Waals surface area contributed by atoms with E-state index in [1.165, 1.54) is 36.8 Å². The molecule has 1 heteroatoms. The van der Waals surface area contributed by atoms with Crippen molar-refractivity contribution >= 4 is 0 Å². The van der Waals surface area contributed by atoms with Gasteiger partial charge in [0.25, 0.3) is 0 Å². The van der Waals surface area contributed by atoms with E-state index in [0.29, 0.717) is 6.04 Å². The van der Waals surface area contributed by atoms with Crippen LogP contribution in [0.2, 0.25) is 0 Å². The van der Waals surface area contributed by atoms with Gasteiger partial charge >= 0.3 is 0 Å². The fraction of sp³-hybridized carbons (Fsp3) is 0.625. The van der Waals surface area contributed by atoms with Crippen LogP contribution in [0, 0.1) is 24.7 Å². The summed E-state index contributed by atoms with van der Waals surface area (Å²) in [6.45, 7) is 2.14. The number of fused-ring (bicyclic) bond motifs is 1. The minimum absolute atomic E-state index is 0.394. The molecule has 3 unspecified atom stereocenters. The van der Waals surface area contributed by atoms with Crippen molar-refractivity contribution in [1.82, 2.24) is 0 Å². The van der Waals surface area contributed by atoms with Crippen molar-refractivity contribution < 1.29 is 0 Å². The van der Waals surface area contributed by atoms with Crippen LogP contribution in [0.1, 0.15) is 36.8 Å². The molecule has 2 saturated carbocycles. The highest BCUT2D eigenvalue weighted by Gasteiger charge is 2.52. The van der Waals surface area contributed by atoms with E-state index < -0.39 is 0 Å². The van der Waals surface area contributed by atoms with E-state index in [4.69, 9.17) is 5.73 Å². The lowest BCUT2D eigenvalue weighted by molar-refractivity contribution is 0.480. The van der Waals surface area contributed by atoms with Crippen LogP contribution >= 0.6 is 0 Å².